The number of hydrogen-bond donors (Lipinski definition) is 1. The standard InChI is InChI=1S/C11H20O3/c1-3-9-5-4-6-10(7-9)14-8(2)11(12)13/h8-10H,3-7H2,1-2H3,(H,12,13). The van der Waals surface area contributed by atoms with Crippen molar-refractivity contribution in [1.29, 1.82) is 0 Å². The van der Waals surface area contributed by atoms with Crippen LogP contribution in [0.5, 0.6) is 0 Å². The van der Waals surface area contributed by atoms with Crippen molar-refractivity contribution in [3.8, 4) is 0 Å². The van der Waals surface area contributed by atoms with Crippen molar-refractivity contribution in [2.24, 2.45) is 5.92 Å². The normalized spacial score (nSPS) is 29.9. The molecule has 1 aliphatic carbocycles. The van der Waals surface area contributed by atoms with E-state index in [9.17, 15) is 4.79 Å². The molecule has 1 aliphatic rings. The molecule has 14 heavy (non-hydrogen) atoms. The quantitative estimate of drug-likeness (QED) is 0.758. The minimum atomic E-state index is -0.858. The van der Waals surface area contributed by atoms with Gasteiger partial charge in [-0.3, -0.25) is 0 Å². The van der Waals surface area contributed by atoms with E-state index in [1.807, 2.05) is 0 Å². The van der Waals surface area contributed by atoms with Gasteiger partial charge in [0.25, 0.3) is 0 Å². The lowest BCUT2D eigenvalue weighted by molar-refractivity contribution is -0.154. The van der Waals surface area contributed by atoms with E-state index in [4.69, 9.17) is 9.84 Å². The van der Waals surface area contributed by atoms with E-state index < -0.39 is 12.1 Å². The van der Waals surface area contributed by atoms with E-state index in [1.54, 1.807) is 6.92 Å². The largest absolute Gasteiger partial charge is 0.479 e. The number of rotatable bonds is 4. The van der Waals surface area contributed by atoms with Crippen LogP contribution in [0.3, 0.4) is 0 Å². The molecule has 0 saturated heterocycles. The highest BCUT2D eigenvalue weighted by atomic mass is 16.5. The fourth-order valence-corrected chi connectivity index (χ4v) is 2.08. The van der Waals surface area contributed by atoms with Gasteiger partial charge in [-0.2, -0.15) is 0 Å². The lowest BCUT2D eigenvalue weighted by atomic mass is 9.85. The number of carboxylic acids is 1. The highest BCUT2D eigenvalue weighted by Gasteiger charge is 2.24. The van der Waals surface area contributed by atoms with Crippen molar-refractivity contribution in [2.45, 2.75) is 58.2 Å². The van der Waals surface area contributed by atoms with Crippen molar-refractivity contribution >= 4 is 5.97 Å². The van der Waals surface area contributed by atoms with Gasteiger partial charge in [-0.1, -0.05) is 26.2 Å². The summed E-state index contributed by atoms with van der Waals surface area (Å²) < 4.78 is 5.49. The van der Waals surface area contributed by atoms with E-state index >= 15 is 0 Å². The van der Waals surface area contributed by atoms with Gasteiger partial charge < -0.3 is 9.84 Å². The Bertz CT molecular complexity index is 191. The summed E-state index contributed by atoms with van der Waals surface area (Å²) in [7, 11) is 0. The van der Waals surface area contributed by atoms with E-state index in [2.05, 4.69) is 6.92 Å². The molecule has 3 unspecified atom stereocenters. The van der Waals surface area contributed by atoms with Crippen LogP contribution in [-0.4, -0.2) is 23.3 Å². The molecule has 3 atom stereocenters. The van der Waals surface area contributed by atoms with Crippen LogP contribution >= 0.6 is 0 Å². The van der Waals surface area contributed by atoms with Crippen LogP contribution in [-0.2, 0) is 9.53 Å². The van der Waals surface area contributed by atoms with Gasteiger partial charge >= 0.3 is 5.97 Å². The average Bonchev–Trinajstić information content (AvgIpc) is 2.18. The van der Waals surface area contributed by atoms with Crippen LogP contribution in [0.4, 0.5) is 0 Å². The van der Waals surface area contributed by atoms with E-state index in [0.29, 0.717) is 0 Å². The van der Waals surface area contributed by atoms with Crippen LogP contribution in [0.1, 0.15) is 46.0 Å². The van der Waals surface area contributed by atoms with Crippen molar-refractivity contribution in [3.05, 3.63) is 0 Å². The zero-order valence-corrected chi connectivity index (χ0v) is 9.03. The van der Waals surface area contributed by atoms with Gasteiger partial charge in [-0.25, -0.2) is 4.79 Å². The van der Waals surface area contributed by atoms with Crippen LogP contribution in [0.2, 0.25) is 0 Å². The van der Waals surface area contributed by atoms with Gasteiger partial charge in [-0.15, -0.1) is 0 Å². The van der Waals surface area contributed by atoms with Crippen molar-refractivity contribution in [1.82, 2.24) is 0 Å². The number of aliphatic carboxylic acids is 1. The third kappa shape index (κ3) is 3.29. The van der Waals surface area contributed by atoms with E-state index in [1.165, 1.54) is 19.3 Å². The zero-order chi connectivity index (χ0) is 10.6. The highest BCUT2D eigenvalue weighted by Crippen LogP contribution is 2.28. The first-order valence-electron chi connectivity index (χ1n) is 5.51. The van der Waals surface area contributed by atoms with Crippen molar-refractivity contribution in [3.63, 3.8) is 0 Å². The van der Waals surface area contributed by atoms with E-state index in [-0.39, 0.29) is 6.10 Å². The third-order valence-electron chi connectivity index (χ3n) is 3.06. The summed E-state index contributed by atoms with van der Waals surface area (Å²) in [4.78, 5) is 10.6. The molecule has 1 rings (SSSR count). The molecule has 0 amide bonds. The molecule has 0 aromatic rings. The van der Waals surface area contributed by atoms with Crippen LogP contribution in [0, 0.1) is 5.92 Å². The van der Waals surface area contributed by atoms with Crippen molar-refractivity contribution < 1.29 is 14.6 Å². The molecule has 0 aromatic carbocycles. The fourth-order valence-electron chi connectivity index (χ4n) is 2.08. The first kappa shape index (κ1) is 11.5. The molecular formula is C11H20O3. The summed E-state index contributed by atoms with van der Waals surface area (Å²) >= 11 is 0. The predicted octanol–water partition coefficient (Wildman–Crippen LogP) is 2.44. The van der Waals surface area contributed by atoms with Gasteiger partial charge in [-0.05, 0) is 25.7 Å². The summed E-state index contributed by atoms with van der Waals surface area (Å²) in [5.41, 5.74) is 0. The molecule has 1 fully saturated rings. The minimum absolute atomic E-state index is 0.166. The van der Waals surface area contributed by atoms with Gasteiger partial charge in [0.1, 0.15) is 0 Å². The summed E-state index contributed by atoms with van der Waals surface area (Å²) in [5, 5.41) is 8.71. The van der Waals surface area contributed by atoms with Crippen LogP contribution in [0.25, 0.3) is 0 Å². The number of hydrogen-bond acceptors (Lipinski definition) is 2. The molecule has 0 spiro atoms. The zero-order valence-electron chi connectivity index (χ0n) is 9.03. The number of ether oxygens (including phenoxy) is 1. The topological polar surface area (TPSA) is 46.5 Å². The average molecular weight is 200 g/mol. The lowest BCUT2D eigenvalue weighted by Gasteiger charge is -2.29. The first-order chi connectivity index (χ1) is 6.63. The second-order valence-electron chi connectivity index (χ2n) is 4.18. The van der Waals surface area contributed by atoms with Gasteiger partial charge in [0.15, 0.2) is 6.10 Å². The molecule has 1 saturated carbocycles. The molecule has 0 bridgehead atoms. The molecule has 3 nitrogen and oxygen atoms in total. The molecule has 82 valence electrons. The lowest BCUT2D eigenvalue weighted by Crippen LogP contribution is -2.30. The Kier molecular flexibility index (Phi) is 4.39. The fraction of sp³-hybridized carbons (Fsp3) is 0.909. The Morgan fingerprint density at radius 2 is 2.29 bits per heavy atom. The molecule has 0 radical (unpaired) electrons. The third-order valence-corrected chi connectivity index (χ3v) is 3.06. The Hall–Kier alpha value is -0.570. The molecule has 0 heterocycles. The highest BCUT2D eigenvalue weighted by molar-refractivity contribution is 5.71. The monoisotopic (exact) mass is 200 g/mol. The molecule has 1 N–H and O–H groups in total. The van der Waals surface area contributed by atoms with Crippen LogP contribution < -0.4 is 0 Å². The number of carboxylic acid groups (broad SMARTS) is 1. The van der Waals surface area contributed by atoms with Crippen LogP contribution in [0.15, 0.2) is 0 Å². The summed E-state index contributed by atoms with van der Waals surface area (Å²) in [5.74, 6) is -0.127. The summed E-state index contributed by atoms with van der Waals surface area (Å²) in [6.45, 7) is 3.80. The maximum Gasteiger partial charge on any atom is 0.332 e. The maximum absolute atomic E-state index is 10.6. The Balaban J connectivity index is 2.33. The Morgan fingerprint density at radius 1 is 1.57 bits per heavy atom. The van der Waals surface area contributed by atoms with E-state index in [0.717, 1.165) is 18.8 Å². The Labute approximate surface area is 85.5 Å². The van der Waals surface area contributed by atoms with Gasteiger partial charge in [0.2, 0.25) is 0 Å². The predicted molar refractivity (Wildman–Crippen MR) is 54.2 cm³/mol. The van der Waals surface area contributed by atoms with Gasteiger partial charge in [0, 0.05) is 0 Å². The van der Waals surface area contributed by atoms with Crippen molar-refractivity contribution in [2.75, 3.05) is 0 Å². The molecule has 0 aromatic heterocycles. The minimum Gasteiger partial charge on any atom is -0.479 e. The molecular weight excluding hydrogens is 180 g/mol. The second kappa shape index (κ2) is 5.35. The second-order valence-corrected chi connectivity index (χ2v) is 4.18. The summed E-state index contributed by atoms with van der Waals surface area (Å²) in [6.07, 6.45) is 5.20. The number of carbonyl (C=O) groups is 1. The van der Waals surface area contributed by atoms with Gasteiger partial charge in [0.05, 0.1) is 6.10 Å². The smallest absolute Gasteiger partial charge is 0.332 e. The maximum atomic E-state index is 10.6. The molecule has 3 heteroatoms. The Morgan fingerprint density at radius 3 is 2.86 bits per heavy atom. The molecule has 0 aliphatic heterocycles. The SMILES string of the molecule is CCC1CCCC(OC(C)C(=O)O)C1. The first-order valence-corrected chi connectivity index (χ1v) is 5.51. The summed E-state index contributed by atoms with van der Waals surface area (Å²) in [6, 6.07) is 0.